The van der Waals surface area contributed by atoms with Gasteiger partial charge in [-0.15, -0.1) is 0 Å². The maximum absolute atomic E-state index is 10.7. The molecule has 0 atom stereocenters. The number of rotatable bonds is 1. The van der Waals surface area contributed by atoms with Gasteiger partial charge < -0.3 is 9.51 Å². The van der Waals surface area contributed by atoms with Gasteiger partial charge in [0, 0.05) is 16.0 Å². The number of fused-ring (bicyclic) bond motifs is 1. The van der Waals surface area contributed by atoms with Gasteiger partial charge in [0.05, 0.1) is 0 Å². The molecule has 2 aromatic rings. The van der Waals surface area contributed by atoms with Crippen LogP contribution < -0.4 is 0 Å². The summed E-state index contributed by atoms with van der Waals surface area (Å²) in [7, 11) is 0. The number of pyridine rings is 1. The van der Waals surface area contributed by atoms with Crippen molar-refractivity contribution in [2.24, 2.45) is 0 Å². The summed E-state index contributed by atoms with van der Waals surface area (Å²) < 4.78 is 2.79. The molecule has 2 aromatic heterocycles. The Kier molecular flexibility index (Phi) is 2.18. The Morgan fingerprint density at radius 2 is 2.29 bits per heavy atom. The normalized spacial score (nSPS) is 10.7. The molecule has 0 amide bonds. The van der Waals surface area contributed by atoms with Crippen LogP contribution in [0.3, 0.4) is 0 Å². The van der Waals surface area contributed by atoms with Crippen LogP contribution >= 0.6 is 22.6 Å². The van der Waals surface area contributed by atoms with Gasteiger partial charge in [0.1, 0.15) is 5.65 Å². The van der Waals surface area contributed by atoms with E-state index in [9.17, 15) is 4.79 Å². The highest BCUT2D eigenvalue weighted by molar-refractivity contribution is 14.1. The van der Waals surface area contributed by atoms with E-state index < -0.39 is 5.97 Å². The molecule has 0 aliphatic rings. The maximum atomic E-state index is 10.7. The second-order valence-corrected chi connectivity index (χ2v) is 4.25. The molecule has 14 heavy (non-hydrogen) atoms. The van der Waals surface area contributed by atoms with Gasteiger partial charge in [0.25, 0.3) is 0 Å². The standard InChI is InChI=1S/C9H7IN2O2/c1-5-2-6(10)3-12-4-7(9(13)14)11-8(5)12/h2-4H,1H3,(H,13,14). The second kappa shape index (κ2) is 3.23. The average molecular weight is 302 g/mol. The lowest BCUT2D eigenvalue weighted by molar-refractivity contribution is 0.0691. The summed E-state index contributed by atoms with van der Waals surface area (Å²) in [4.78, 5) is 14.7. The summed E-state index contributed by atoms with van der Waals surface area (Å²) in [5.74, 6) is -0.997. The molecule has 0 aliphatic heterocycles. The first-order valence-corrected chi connectivity index (χ1v) is 5.04. The summed E-state index contributed by atoms with van der Waals surface area (Å²) in [5.41, 5.74) is 1.75. The third-order valence-corrected chi connectivity index (χ3v) is 2.51. The van der Waals surface area contributed by atoms with Gasteiger partial charge in [0.2, 0.25) is 0 Å². The van der Waals surface area contributed by atoms with Crippen LogP contribution in [0, 0.1) is 10.5 Å². The molecular formula is C9H7IN2O2. The maximum Gasteiger partial charge on any atom is 0.356 e. The van der Waals surface area contributed by atoms with Crippen LogP contribution in [0.2, 0.25) is 0 Å². The first-order valence-electron chi connectivity index (χ1n) is 3.96. The van der Waals surface area contributed by atoms with Gasteiger partial charge in [0.15, 0.2) is 5.69 Å². The zero-order chi connectivity index (χ0) is 10.3. The van der Waals surface area contributed by atoms with Crippen molar-refractivity contribution in [3.63, 3.8) is 0 Å². The molecule has 0 saturated heterocycles. The lowest BCUT2D eigenvalue weighted by Crippen LogP contribution is -1.95. The van der Waals surface area contributed by atoms with Gasteiger partial charge in [-0.1, -0.05) is 0 Å². The highest BCUT2D eigenvalue weighted by atomic mass is 127. The van der Waals surface area contributed by atoms with E-state index in [1.807, 2.05) is 19.2 Å². The molecule has 0 aliphatic carbocycles. The summed E-state index contributed by atoms with van der Waals surface area (Å²) in [5, 5.41) is 8.77. The molecule has 1 N–H and O–H groups in total. The van der Waals surface area contributed by atoms with E-state index in [2.05, 4.69) is 27.6 Å². The number of carboxylic acid groups (broad SMARTS) is 1. The van der Waals surface area contributed by atoms with Crippen molar-refractivity contribution in [2.75, 3.05) is 0 Å². The molecule has 2 heterocycles. The lowest BCUT2D eigenvalue weighted by Gasteiger charge is -1.97. The smallest absolute Gasteiger partial charge is 0.356 e. The quantitative estimate of drug-likeness (QED) is 0.819. The number of carboxylic acids is 1. The first kappa shape index (κ1) is 9.45. The van der Waals surface area contributed by atoms with Crippen LogP contribution in [0.5, 0.6) is 0 Å². The highest BCUT2D eigenvalue weighted by Gasteiger charge is 2.10. The Balaban J connectivity index is 2.76. The zero-order valence-electron chi connectivity index (χ0n) is 7.36. The number of halogens is 1. The van der Waals surface area contributed by atoms with Crippen LogP contribution in [-0.4, -0.2) is 20.5 Å². The molecule has 0 unspecified atom stereocenters. The Bertz CT molecular complexity index is 519. The molecule has 2 rings (SSSR count). The Hall–Kier alpha value is -1.11. The number of aryl methyl sites for hydroxylation is 1. The molecule has 0 radical (unpaired) electrons. The summed E-state index contributed by atoms with van der Waals surface area (Å²) >= 11 is 2.18. The van der Waals surface area contributed by atoms with Crippen molar-refractivity contribution >= 4 is 34.2 Å². The second-order valence-electron chi connectivity index (χ2n) is 3.00. The van der Waals surface area contributed by atoms with E-state index in [4.69, 9.17) is 5.11 Å². The fourth-order valence-corrected chi connectivity index (χ4v) is 2.10. The Labute approximate surface area is 93.7 Å². The van der Waals surface area contributed by atoms with Crippen LogP contribution in [0.1, 0.15) is 16.1 Å². The minimum Gasteiger partial charge on any atom is -0.476 e. The Morgan fingerprint density at radius 3 is 2.93 bits per heavy atom. The predicted molar refractivity (Wildman–Crippen MR) is 59.6 cm³/mol. The number of hydrogen-bond donors (Lipinski definition) is 1. The van der Waals surface area contributed by atoms with Gasteiger partial charge in [-0.3, -0.25) is 0 Å². The van der Waals surface area contributed by atoms with Crippen molar-refractivity contribution in [3.05, 3.63) is 33.3 Å². The third kappa shape index (κ3) is 1.47. The fourth-order valence-electron chi connectivity index (χ4n) is 1.33. The number of hydrogen-bond acceptors (Lipinski definition) is 2. The van der Waals surface area contributed by atoms with Crippen molar-refractivity contribution in [1.29, 1.82) is 0 Å². The van der Waals surface area contributed by atoms with Gasteiger partial charge in [-0.2, -0.15) is 0 Å². The molecule has 72 valence electrons. The monoisotopic (exact) mass is 302 g/mol. The lowest BCUT2D eigenvalue weighted by atomic mass is 10.3. The van der Waals surface area contributed by atoms with Gasteiger partial charge >= 0.3 is 5.97 Å². The van der Waals surface area contributed by atoms with Crippen molar-refractivity contribution < 1.29 is 9.90 Å². The average Bonchev–Trinajstić information content (AvgIpc) is 2.47. The number of aromatic nitrogens is 2. The summed E-state index contributed by atoms with van der Waals surface area (Å²) in [6.07, 6.45) is 3.37. The molecule has 0 aromatic carbocycles. The third-order valence-electron chi connectivity index (χ3n) is 1.92. The van der Waals surface area contributed by atoms with E-state index in [-0.39, 0.29) is 5.69 Å². The number of aromatic carboxylic acids is 1. The van der Waals surface area contributed by atoms with Crippen molar-refractivity contribution in [3.8, 4) is 0 Å². The summed E-state index contributed by atoms with van der Waals surface area (Å²) in [6, 6.07) is 1.97. The van der Waals surface area contributed by atoms with Crippen LogP contribution in [0.15, 0.2) is 18.5 Å². The van der Waals surface area contributed by atoms with Crippen LogP contribution in [0.4, 0.5) is 0 Å². The van der Waals surface area contributed by atoms with E-state index in [1.54, 1.807) is 4.40 Å². The van der Waals surface area contributed by atoms with Crippen molar-refractivity contribution in [2.45, 2.75) is 6.92 Å². The predicted octanol–water partition coefficient (Wildman–Crippen LogP) is 1.95. The number of nitrogens with zero attached hydrogens (tertiary/aromatic N) is 2. The first-order chi connectivity index (χ1) is 6.58. The van der Waals surface area contributed by atoms with Gasteiger partial charge in [-0.05, 0) is 41.1 Å². The largest absolute Gasteiger partial charge is 0.476 e. The van der Waals surface area contributed by atoms with Crippen LogP contribution in [-0.2, 0) is 0 Å². The van der Waals surface area contributed by atoms with Crippen molar-refractivity contribution in [1.82, 2.24) is 9.38 Å². The fraction of sp³-hybridized carbons (Fsp3) is 0.111. The number of imidazole rings is 1. The number of carbonyl (C=O) groups is 1. The molecule has 0 bridgehead atoms. The summed E-state index contributed by atoms with van der Waals surface area (Å²) in [6.45, 7) is 1.91. The Morgan fingerprint density at radius 1 is 1.57 bits per heavy atom. The van der Waals surface area contributed by atoms with E-state index in [1.165, 1.54) is 6.20 Å². The van der Waals surface area contributed by atoms with Gasteiger partial charge in [-0.25, -0.2) is 9.78 Å². The molecule has 4 nitrogen and oxygen atoms in total. The van der Waals surface area contributed by atoms with E-state index in [0.29, 0.717) is 5.65 Å². The minimum absolute atomic E-state index is 0.0788. The molecule has 5 heteroatoms. The van der Waals surface area contributed by atoms with E-state index in [0.717, 1.165) is 9.13 Å². The topological polar surface area (TPSA) is 54.6 Å². The highest BCUT2D eigenvalue weighted by Crippen LogP contribution is 2.14. The van der Waals surface area contributed by atoms with Crippen LogP contribution in [0.25, 0.3) is 5.65 Å². The molecule has 0 fully saturated rings. The SMILES string of the molecule is Cc1cc(I)cn2cc(C(=O)O)nc12. The molecule has 0 spiro atoms. The molecular weight excluding hydrogens is 295 g/mol. The zero-order valence-corrected chi connectivity index (χ0v) is 9.52. The minimum atomic E-state index is -0.997. The molecule has 0 saturated carbocycles. The van der Waals surface area contributed by atoms with E-state index >= 15 is 0 Å².